The first-order chi connectivity index (χ1) is 14.7. The molecule has 0 unspecified atom stereocenters. The predicted octanol–water partition coefficient (Wildman–Crippen LogP) is 3.58. The minimum Gasteiger partial charge on any atom is -0.493 e. The molecule has 2 atom stereocenters. The van der Waals surface area contributed by atoms with Gasteiger partial charge in [-0.05, 0) is 62.8 Å². The second-order valence-corrected chi connectivity index (χ2v) is 11.0. The molecule has 1 aliphatic heterocycles. The Morgan fingerprint density at radius 3 is 2.42 bits per heavy atom. The molecular weight excluding hydrogens is 426 g/mol. The number of alkyl halides is 2. The average Bonchev–Trinajstić information content (AvgIpc) is 3.60. The molecular formula is C22H30F2N2O4S. The first kappa shape index (κ1) is 22.5. The SMILES string of the molecule is O=C(c1ccc(OC[C@H]2CC(F)(F)CC[C@@H]2NS(=O)(=O)C2CC2)cc1)N1CCCCC1. The molecule has 31 heavy (non-hydrogen) atoms. The quantitative estimate of drug-likeness (QED) is 0.681. The van der Waals surface area contributed by atoms with Crippen LogP contribution in [-0.4, -0.2) is 56.1 Å². The van der Waals surface area contributed by atoms with E-state index in [2.05, 4.69) is 4.72 Å². The number of hydrogen-bond acceptors (Lipinski definition) is 4. The van der Waals surface area contributed by atoms with Crippen molar-refractivity contribution in [2.75, 3.05) is 19.7 Å². The summed E-state index contributed by atoms with van der Waals surface area (Å²) in [5, 5.41) is -0.388. The van der Waals surface area contributed by atoms with E-state index in [0.29, 0.717) is 24.2 Å². The molecule has 3 aliphatic rings. The third-order valence-electron chi connectivity index (χ3n) is 6.44. The normalized spacial score (nSPS) is 26.5. The lowest BCUT2D eigenvalue weighted by atomic mass is 9.83. The van der Waals surface area contributed by atoms with Crippen molar-refractivity contribution in [2.24, 2.45) is 5.92 Å². The van der Waals surface area contributed by atoms with Gasteiger partial charge in [-0.2, -0.15) is 0 Å². The topological polar surface area (TPSA) is 75.7 Å². The summed E-state index contributed by atoms with van der Waals surface area (Å²) in [5.41, 5.74) is 0.577. The third-order valence-corrected chi connectivity index (χ3v) is 8.42. The van der Waals surface area contributed by atoms with Crippen LogP contribution in [0.3, 0.4) is 0 Å². The summed E-state index contributed by atoms with van der Waals surface area (Å²) in [6, 6.07) is 6.16. The number of halogens is 2. The molecule has 1 aromatic rings. The number of nitrogens with one attached hydrogen (secondary N) is 1. The fourth-order valence-electron chi connectivity index (χ4n) is 4.42. The van der Waals surface area contributed by atoms with Crippen LogP contribution in [0.15, 0.2) is 24.3 Å². The zero-order chi connectivity index (χ0) is 22.1. The molecule has 1 saturated heterocycles. The number of sulfonamides is 1. The van der Waals surface area contributed by atoms with Crippen molar-refractivity contribution >= 4 is 15.9 Å². The first-order valence-corrected chi connectivity index (χ1v) is 12.7. The van der Waals surface area contributed by atoms with Gasteiger partial charge in [0.1, 0.15) is 5.75 Å². The number of benzene rings is 1. The van der Waals surface area contributed by atoms with Crippen molar-refractivity contribution in [1.82, 2.24) is 9.62 Å². The number of piperidine rings is 1. The molecule has 0 spiro atoms. The van der Waals surface area contributed by atoms with Crippen LogP contribution in [0.2, 0.25) is 0 Å². The number of carbonyl (C=O) groups excluding carboxylic acids is 1. The van der Waals surface area contributed by atoms with Crippen molar-refractivity contribution in [3.05, 3.63) is 29.8 Å². The van der Waals surface area contributed by atoms with Gasteiger partial charge >= 0.3 is 0 Å². The number of carbonyl (C=O) groups is 1. The van der Waals surface area contributed by atoms with E-state index in [0.717, 1.165) is 32.4 Å². The van der Waals surface area contributed by atoms with Crippen molar-refractivity contribution in [1.29, 1.82) is 0 Å². The Bertz CT molecular complexity index is 881. The second-order valence-electron chi connectivity index (χ2n) is 9.02. The fourth-order valence-corrected chi connectivity index (χ4v) is 6.10. The Labute approximate surface area is 182 Å². The maximum absolute atomic E-state index is 14.0. The van der Waals surface area contributed by atoms with E-state index in [4.69, 9.17) is 4.74 Å². The number of nitrogens with zero attached hydrogens (tertiary/aromatic N) is 1. The standard InChI is InChI=1S/C22H30F2N2O4S/c23-22(24)11-10-20(25-31(28,29)19-8-9-19)17(14-22)15-30-18-6-4-16(5-7-18)21(27)26-12-2-1-3-13-26/h4-7,17,19-20,25H,1-3,8-15H2/t17-,20+/m1/s1. The van der Waals surface area contributed by atoms with Crippen molar-refractivity contribution in [3.63, 3.8) is 0 Å². The van der Waals surface area contributed by atoms with Gasteiger partial charge in [0.25, 0.3) is 5.91 Å². The van der Waals surface area contributed by atoms with Gasteiger partial charge in [0.2, 0.25) is 15.9 Å². The van der Waals surface area contributed by atoms with Crippen LogP contribution >= 0.6 is 0 Å². The largest absolute Gasteiger partial charge is 0.493 e. The van der Waals surface area contributed by atoms with Gasteiger partial charge in [-0.1, -0.05) is 0 Å². The minimum atomic E-state index is -3.46. The Morgan fingerprint density at radius 1 is 1.10 bits per heavy atom. The maximum atomic E-state index is 14.0. The van der Waals surface area contributed by atoms with Crippen molar-refractivity contribution < 1.29 is 26.7 Å². The van der Waals surface area contributed by atoms with Crippen LogP contribution in [0.4, 0.5) is 8.78 Å². The molecule has 172 valence electrons. The van der Waals surface area contributed by atoms with Crippen LogP contribution in [0, 0.1) is 5.92 Å². The van der Waals surface area contributed by atoms with E-state index in [9.17, 15) is 22.0 Å². The summed E-state index contributed by atoms with van der Waals surface area (Å²) in [5.74, 6) is -2.96. The third kappa shape index (κ3) is 5.74. The van der Waals surface area contributed by atoms with E-state index in [1.165, 1.54) is 0 Å². The Balaban J connectivity index is 1.36. The van der Waals surface area contributed by atoms with Gasteiger partial charge < -0.3 is 9.64 Å². The maximum Gasteiger partial charge on any atom is 0.253 e. The van der Waals surface area contributed by atoms with Gasteiger partial charge in [0, 0.05) is 43.5 Å². The highest BCUT2D eigenvalue weighted by atomic mass is 32.2. The summed E-state index contributed by atoms with van der Waals surface area (Å²) >= 11 is 0. The van der Waals surface area contributed by atoms with E-state index in [-0.39, 0.29) is 30.6 Å². The zero-order valence-electron chi connectivity index (χ0n) is 17.6. The average molecular weight is 457 g/mol. The summed E-state index contributed by atoms with van der Waals surface area (Å²) in [6.45, 7) is 1.53. The number of hydrogen-bond donors (Lipinski definition) is 1. The Kier molecular flexibility index (Phi) is 6.53. The lowest BCUT2D eigenvalue weighted by Crippen LogP contribution is -2.49. The number of amides is 1. The Morgan fingerprint density at radius 2 is 1.77 bits per heavy atom. The molecule has 0 radical (unpaired) electrons. The molecule has 2 saturated carbocycles. The molecule has 9 heteroatoms. The highest BCUT2D eigenvalue weighted by Gasteiger charge is 2.45. The Hall–Kier alpha value is -1.74. The van der Waals surface area contributed by atoms with Gasteiger partial charge in [0.15, 0.2) is 0 Å². The molecule has 2 aliphatic carbocycles. The zero-order valence-corrected chi connectivity index (χ0v) is 18.4. The summed E-state index contributed by atoms with van der Waals surface area (Å²) in [6.07, 6.45) is 3.80. The van der Waals surface area contributed by atoms with Crippen LogP contribution in [0.1, 0.15) is 61.7 Å². The minimum absolute atomic E-state index is 0.00674. The molecule has 1 amide bonds. The molecule has 3 fully saturated rings. The monoisotopic (exact) mass is 456 g/mol. The number of rotatable bonds is 7. The lowest BCUT2D eigenvalue weighted by molar-refractivity contribution is -0.0661. The van der Waals surface area contributed by atoms with Gasteiger partial charge in [-0.3, -0.25) is 4.79 Å². The van der Waals surface area contributed by atoms with E-state index in [1.54, 1.807) is 24.3 Å². The molecule has 1 heterocycles. The van der Waals surface area contributed by atoms with Gasteiger partial charge in [-0.15, -0.1) is 0 Å². The van der Waals surface area contributed by atoms with Crippen LogP contribution in [-0.2, 0) is 10.0 Å². The van der Waals surface area contributed by atoms with Gasteiger partial charge in [-0.25, -0.2) is 21.9 Å². The van der Waals surface area contributed by atoms with Crippen LogP contribution < -0.4 is 9.46 Å². The summed E-state index contributed by atoms with van der Waals surface area (Å²) < 4.78 is 61.0. The molecule has 6 nitrogen and oxygen atoms in total. The fraction of sp³-hybridized carbons (Fsp3) is 0.682. The highest BCUT2D eigenvalue weighted by Crippen LogP contribution is 2.38. The summed E-state index contributed by atoms with van der Waals surface area (Å²) in [7, 11) is -3.46. The van der Waals surface area contributed by atoms with E-state index in [1.807, 2.05) is 4.90 Å². The molecule has 4 rings (SSSR count). The van der Waals surface area contributed by atoms with Crippen molar-refractivity contribution in [2.45, 2.75) is 68.6 Å². The van der Waals surface area contributed by atoms with E-state index < -0.39 is 34.3 Å². The predicted molar refractivity (Wildman–Crippen MR) is 113 cm³/mol. The molecule has 1 N–H and O–H groups in total. The highest BCUT2D eigenvalue weighted by molar-refractivity contribution is 7.90. The lowest BCUT2D eigenvalue weighted by Gasteiger charge is -2.36. The van der Waals surface area contributed by atoms with E-state index >= 15 is 0 Å². The molecule has 0 aromatic heterocycles. The number of ether oxygens (including phenoxy) is 1. The first-order valence-electron chi connectivity index (χ1n) is 11.1. The molecule has 1 aromatic carbocycles. The van der Waals surface area contributed by atoms with Crippen LogP contribution in [0.5, 0.6) is 5.75 Å². The second kappa shape index (κ2) is 9.02. The van der Waals surface area contributed by atoms with Crippen molar-refractivity contribution in [3.8, 4) is 5.75 Å². The summed E-state index contributed by atoms with van der Waals surface area (Å²) in [4.78, 5) is 14.4. The number of likely N-dealkylation sites (tertiary alicyclic amines) is 1. The van der Waals surface area contributed by atoms with Crippen LogP contribution in [0.25, 0.3) is 0 Å². The smallest absolute Gasteiger partial charge is 0.253 e. The van der Waals surface area contributed by atoms with Gasteiger partial charge in [0.05, 0.1) is 11.9 Å². The molecule has 0 bridgehead atoms.